The Bertz CT molecular complexity index is 520. The predicted octanol–water partition coefficient (Wildman–Crippen LogP) is 2.18. The van der Waals surface area contributed by atoms with E-state index in [1.165, 1.54) is 7.11 Å². The lowest BCUT2D eigenvalue weighted by Gasteiger charge is -2.07. The van der Waals surface area contributed by atoms with E-state index >= 15 is 0 Å². The van der Waals surface area contributed by atoms with E-state index < -0.39 is 0 Å². The summed E-state index contributed by atoms with van der Waals surface area (Å²) < 4.78 is 10.1. The molecule has 0 bridgehead atoms. The minimum atomic E-state index is -0.275. The Hall–Kier alpha value is -2.10. The SMILES string of the molecule is COC(=O)CCOc1cccc2ncccc12. The number of aromatic nitrogens is 1. The van der Waals surface area contributed by atoms with Crippen molar-refractivity contribution in [2.24, 2.45) is 0 Å². The molecule has 2 aromatic rings. The van der Waals surface area contributed by atoms with Crippen molar-refractivity contribution in [2.45, 2.75) is 6.42 Å². The molecule has 4 heteroatoms. The van der Waals surface area contributed by atoms with Gasteiger partial charge in [0.15, 0.2) is 0 Å². The van der Waals surface area contributed by atoms with Gasteiger partial charge < -0.3 is 9.47 Å². The molecule has 4 nitrogen and oxygen atoms in total. The van der Waals surface area contributed by atoms with Crippen LogP contribution in [0.25, 0.3) is 10.9 Å². The molecule has 0 aliphatic carbocycles. The van der Waals surface area contributed by atoms with Crippen LogP contribution in [0.3, 0.4) is 0 Å². The minimum absolute atomic E-state index is 0.243. The number of pyridine rings is 1. The third-order valence-corrected chi connectivity index (χ3v) is 2.40. The molecular weight excluding hydrogens is 218 g/mol. The van der Waals surface area contributed by atoms with Crippen LogP contribution >= 0.6 is 0 Å². The number of nitrogens with zero attached hydrogens (tertiary/aromatic N) is 1. The van der Waals surface area contributed by atoms with Crippen LogP contribution in [0.2, 0.25) is 0 Å². The second-order valence-corrected chi connectivity index (χ2v) is 3.50. The molecule has 0 fully saturated rings. The first kappa shape index (κ1) is 11.4. The van der Waals surface area contributed by atoms with Gasteiger partial charge in [0.1, 0.15) is 5.75 Å². The molecule has 1 aromatic carbocycles. The molecule has 2 rings (SSSR count). The van der Waals surface area contributed by atoms with Gasteiger partial charge in [0.05, 0.1) is 25.7 Å². The summed E-state index contributed by atoms with van der Waals surface area (Å²) in [7, 11) is 1.37. The molecule has 0 aliphatic heterocycles. The molecule has 0 N–H and O–H groups in total. The van der Waals surface area contributed by atoms with E-state index in [1.54, 1.807) is 6.20 Å². The van der Waals surface area contributed by atoms with Crippen LogP contribution in [-0.2, 0) is 9.53 Å². The van der Waals surface area contributed by atoms with Crippen molar-refractivity contribution < 1.29 is 14.3 Å². The molecule has 1 aromatic heterocycles. The summed E-state index contributed by atoms with van der Waals surface area (Å²) in [6, 6.07) is 9.46. The van der Waals surface area contributed by atoms with Crippen LogP contribution < -0.4 is 4.74 Å². The molecule has 0 spiro atoms. The van der Waals surface area contributed by atoms with Gasteiger partial charge in [0.2, 0.25) is 0 Å². The largest absolute Gasteiger partial charge is 0.492 e. The van der Waals surface area contributed by atoms with E-state index in [9.17, 15) is 4.79 Å². The van der Waals surface area contributed by atoms with Crippen molar-refractivity contribution >= 4 is 16.9 Å². The topological polar surface area (TPSA) is 48.4 Å². The highest BCUT2D eigenvalue weighted by Crippen LogP contribution is 2.23. The predicted molar refractivity (Wildman–Crippen MR) is 63.9 cm³/mol. The van der Waals surface area contributed by atoms with Crippen LogP contribution in [0, 0.1) is 0 Å². The van der Waals surface area contributed by atoms with E-state index in [2.05, 4.69) is 9.72 Å². The van der Waals surface area contributed by atoms with Gasteiger partial charge in [-0.2, -0.15) is 0 Å². The number of hydrogen-bond acceptors (Lipinski definition) is 4. The summed E-state index contributed by atoms with van der Waals surface area (Å²) >= 11 is 0. The fourth-order valence-electron chi connectivity index (χ4n) is 1.55. The Kier molecular flexibility index (Phi) is 3.55. The van der Waals surface area contributed by atoms with Gasteiger partial charge in [-0.3, -0.25) is 9.78 Å². The van der Waals surface area contributed by atoms with E-state index in [0.717, 1.165) is 16.7 Å². The first-order valence-electron chi connectivity index (χ1n) is 5.34. The molecule has 1 heterocycles. The number of esters is 1. The minimum Gasteiger partial charge on any atom is -0.492 e. The smallest absolute Gasteiger partial charge is 0.308 e. The maximum atomic E-state index is 11.0. The van der Waals surface area contributed by atoms with Crippen LogP contribution in [0.4, 0.5) is 0 Å². The molecule has 0 radical (unpaired) electrons. The second kappa shape index (κ2) is 5.30. The van der Waals surface area contributed by atoms with Gasteiger partial charge in [0, 0.05) is 11.6 Å². The molecule has 17 heavy (non-hydrogen) atoms. The molecule has 0 saturated heterocycles. The molecule has 0 aliphatic rings. The normalized spacial score (nSPS) is 10.2. The highest BCUT2D eigenvalue weighted by Gasteiger charge is 2.04. The lowest BCUT2D eigenvalue weighted by Crippen LogP contribution is -2.07. The van der Waals surface area contributed by atoms with E-state index in [4.69, 9.17) is 4.74 Å². The summed E-state index contributed by atoms with van der Waals surface area (Å²) in [5, 5.41) is 0.944. The van der Waals surface area contributed by atoms with Crippen molar-refractivity contribution in [3.63, 3.8) is 0 Å². The van der Waals surface area contributed by atoms with Gasteiger partial charge in [-0.05, 0) is 24.3 Å². The van der Waals surface area contributed by atoms with Crippen LogP contribution in [0.5, 0.6) is 5.75 Å². The molecule has 88 valence electrons. The molecular formula is C13H13NO3. The van der Waals surface area contributed by atoms with Gasteiger partial charge in [-0.15, -0.1) is 0 Å². The van der Waals surface area contributed by atoms with Crippen molar-refractivity contribution in [3.05, 3.63) is 36.5 Å². The zero-order valence-electron chi connectivity index (χ0n) is 9.55. The lowest BCUT2D eigenvalue weighted by atomic mass is 10.2. The van der Waals surface area contributed by atoms with Crippen molar-refractivity contribution in [3.8, 4) is 5.75 Å². The van der Waals surface area contributed by atoms with E-state index in [1.807, 2.05) is 30.3 Å². The summed E-state index contributed by atoms with van der Waals surface area (Å²) in [4.78, 5) is 15.2. The lowest BCUT2D eigenvalue weighted by molar-refractivity contribution is -0.141. The third kappa shape index (κ3) is 2.72. The van der Waals surface area contributed by atoms with Crippen molar-refractivity contribution in [1.82, 2.24) is 4.98 Å². The number of benzene rings is 1. The fraction of sp³-hybridized carbons (Fsp3) is 0.231. The second-order valence-electron chi connectivity index (χ2n) is 3.50. The van der Waals surface area contributed by atoms with E-state index in [0.29, 0.717) is 6.61 Å². The monoisotopic (exact) mass is 231 g/mol. The number of hydrogen-bond donors (Lipinski definition) is 0. The number of rotatable bonds is 4. The maximum absolute atomic E-state index is 11.0. The Labute approximate surface area is 99.2 Å². The van der Waals surface area contributed by atoms with Crippen LogP contribution in [-0.4, -0.2) is 24.7 Å². The fourth-order valence-corrected chi connectivity index (χ4v) is 1.55. The van der Waals surface area contributed by atoms with Gasteiger partial charge in [0.25, 0.3) is 0 Å². The first-order chi connectivity index (χ1) is 8.31. The maximum Gasteiger partial charge on any atom is 0.308 e. The first-order valence-corrected chi connectivity index (χ1v) is 5.34. The zero-order valence-corrected chi connectivity index (χ0v) is 9.55. The number of methoxy groups -OCH3 is 1. The molecule has 0 saturated carbocycles. The summed E-state index contributed by atoms with van der Waals surface area (Å²) in [6.07, 6.45) is 1.98. The Balaban J connectivity index is 2.11. The molecule has 0 atom stereocenters. The number of ether oxygens (including phenoxy) is 2. The van der Waals surface area contributed by atoms with Gasteiger partial charge >= 0.3 is 5.97 Å². The highest BCUT2D eigenvalue weighted by molar-refractivity contribution is 5.84. The number of carbonyl (C=O) groups excluding carboxylic acids is 1. The summed E-state index contributed by atoms with van der Waals surface area (Å²) in [5.74, 6) is 0.461. The highest BCUT2D eigenvalue weighted by atomic mass is 16.5. The third-order valence-electron chi connectivity index (χ3n) is 2.40. The Morgan fingerprint density at radius 3 is 3.00 bits per heavy atom. The van der Waals surface area contributed by atoms with E-state index in [-0.39, 0.29) is 12.4 Å². The van der Waals surface area contributed by atoms with Gasteiger partial charge in [-0.25, -0.2) is 0 Å². The number of fused-ring (bicyclic) bond motifs is 1. The van der Waals surface area contributed by atoms with Gasteiger partial charge in [-0.1, -0.05) is 6.07 Å². The quantitative estimate of drug-likeness (QED) is 0.757. The molecule has 0 amide bonds. The van der Waals surface area contributed by atoms with Crippen LogP contribution in [0.15, 0.2) is 36.5 Å². The van der Waals surface area contributed by atoms with Crippen molar-refractivity contribution in [1.29, 1.82) is 0 Å². The Morgan fingerprint density at radius 1 is 1.29 bits per heavy atom. The van der Waals surface area contributed by atoms with Crippen molar-refractivity contribution in [2.75, 3.05) is 13.7 Å². The average molecular weight is 231 g/mol. The summed E-state index contributed by atoms with van der Waals surface area (Å²) in [6.45, 7) is 0.306. The number of carbonyl (C=O) groups is 1. The van der Waals surface area contributed by atoms with Crippen LogP contribution in [0.1, 0.15) is 6.42 Å². The summed E-state index contributed by atoms with van der Waals surface area (Å²) in [5.41, 5.74) is 0.878. The standard InChI is InChI=1S/C13H13NO3/c1-16-13(15)7-9-17-12-6-2-5-11-10(12)4-3-8-14-11/h2-6,8H,7,9H2,1H3. The molecule has 0 unspecified atom stereocenters. The Morgan fingerprint density at radius 2 is 2.18 bits per heavy atom. The zero-order chi connectivity index (χ0) is 12.1. The average Bonchev–Trinajstić information content (AvgIpc) is 2.39.